The molecule has 1 aromatic carbocycles. The van der Waals surface area contributed by atoms with Crippen molar-refractivity contribution >= 4 is 35.8 Å². The van der Waals surface area contributed by atoms with Gasteiger partial charge in [0.2, 0.25) is 12.4 Å². The van der Waals surface area contributed by atoms with Gasteiger partial charge in [0.05, 0.1) is 7.11 Å². The highest BCUT2D eigenvalue weighted by molar-refractivity contribution is 5.68. The second-order valence-electron chi connectivity index (χ2n) is 10.9. The van der Waals surface area contributed by atoms with Gasteiger partial charge in [-0.1, -0.05) is 0 Å². The van der Waals surface area contributed by atoms with Crippen LogP contribution in [0.15, 0.2) is 24.3 Å². The summed E-state index contributed by atoms with van der Waals surface area (Å²) in [6.45, 7) is 5.40. The summed E-state index contributed by atoms with van der Waals surface area (Å²) >= 11 is 0. The van der Waals surface area contributed by atoms with E-state index in [4.69, 9.17) is 52.1 Å². The molecule has 0 spiro atoms. The van der Waals surface area contributed by atoms with Crippen LogP contribution in [-0.4, -0.2) is 123 Å². The first kappa shape index (κ1) is 38.9. The highest BCUT2D eigenvalue weighted by Crippen LogP contribution is 2.35. The predicted molar refractivity (Wildman–Crippen MR) is 157 cm³/mol. The summed E-state index contributed by atoms with van der Waals surface area (Å²) in [5.74, 6) is -4.18. The van der Waals surface area contributed by atoms with E-state index in [9.17, 15) is 33.9 Å². The number of methoxy groups -OCH3 is 1. The van der Waals surface area contributed by atoms with Crippen molar-refractivity contribution in [3.8, 4) is 11.5 Å². The average Bonchev–Trinajstić information content (AvgIpc) is 3.00. The molecule has 18 nitrogen and oxygen atoms in total. The number of carbonyl (C=O) groups excluding carboxylic acids is 6. The Morgan fingerprint density at radius 3 is 1.49 bits per heavy atom. The first-order valence-corrected chi connectivity index (χ1v) is 15.0. The van der Waals surface area contributed by atoms with Crippen molar-refractivity contribution < 1.29 is 86.0 Å². The van der Waals surface area contributed by atoms with Crippen LogP contribution in [0.1, 0.15) is 41.5 Å². The molecule has 0 radical (unpaired) electrons. The van der Waals surface area contributed by atoms with E-state index in [0.717, 1.165) is 41.5 Å². The van der Waals surface area contributed by atoms with E-state index in [1.54, 1.807) is 12.1 Å². The molecule has 2 fully saturated rings. The molecule has 0 aromatic heterocycles. The summed E-state index contributed by atoms with van der Waals surface area (Å²) in [6.07, 6.45) is -15.7. The van der Waals surface area contributed by atoms with Crippen LogP contribution in [0.2, 0.25) is 0 Å². The fourth-order valence-corrected chi connectivity index (χ4v) is 5.05. The fraction of sp³-hybridized carbons (Fsp3) is 0.613. The highest BCUT2D eigenvalue weighted by Gasteiger charge is 2.56. The monoisotopic (exact) mass is 700 g/mol. The first-order chi connectivity index (χ1) is 23.1. The van der Waals surface area contributed by atoms with Gasteiger partial charge in [-0.25, -0.2) is 0 Å². The van der Waals surface area contributed by atoms with E-state index in [0.29, 0.717) is 5.75 Å². The molecule has 1 aromatic rings. The van der Waals surface area contributed by atoms with Crippen LogP contribution >= 0.6 is 0 Å². The Balaban J connectivity index is 2.09. The third-order valence-electron chi connectivity index (χ3n) is 6.92. The predicted octanol–water partition coefficient (Wildman–Crippen LogP) is 0.123. The SMILES string of the molecule is COc1ccc(OC2OC(COC(C)=O)C(OC3OC(COC(C)=O)C(OC(C)=O)C(O)C3OC(C)=O)C(OC(C)=O)C2OC(C)=O)cc1. The molecule has 49 heavy (non-hydrogen) atoms. The smallest absolute Gasteiger partial charge is 0.303 e. The number of ether oxygens (including phenoxy) is 11. The number of hydrogen-bond donors (Lipinski definition) is 1. The molecular formula is C31H40O18. The Hall–Kier alpha value is -4.52. The van der Waals surface area contributed by atoms with Gasteiger partial charge in [0, 0.05) is 41.5 Å². The number of carbonyl (C=O) groups is 6. The average molecular weight is 701 g/mol. The van der Waals surface area contributed by atoms with Crippen LogP contribution in [-0.2, 0) is 71.4 Å². The summed E-state index contributed by atoms with van der Waals surface area (Å²) in [5, 5.41) is 11.3. The van der Waals surface area contributed by atoms with E-state index in [1.165, 1.54) is 19.2 Å². The van der Waals surface area contributed by atoms with Gasteiger partial charge < -0.3 is 57.2 Å². The normalized spacial score (nSPS) is 29.4. The zero-order valence-corrected chi connectivity index (χ0v) is 27.9. The van der Waals surface area contributed by atoms with Crippen LogP contribution in [0.5, 0.6) is 11.5 Å². The quantitative estimate of drug-likeness (QED) is 0.213. The van der Waals surface area contributed by atoms with Crippen molar-refractivity contribution in [1.82, 2.24) is 0 Å². The molecule has 3 rings (SSSR count). The van der Waals surface area contributed by atoms with Crippen molar-refractivity contribution in [3.05, 3.63) is 24.3 Å². The van der Waals surface area contributed by atoms with E-state index in [-0.39, 0.29) is 5.75 Å². The second kappa shape index (κ2) is 17.8. The second-order valence-corrected chi connectivity index (χ2v) is 10.9. The van der Waals surface area contributed by atoms with Crippen LogP contribution in [0.3, 0.4) is 0 Å². The molecule has 18 heteroatoms. The van der Waals surface area contributed by atoms with Crippen LogP contribution in [0.4, 0.5) is 0 Å². The minimum Gasteiger partial charge on any atom is -0.497 e. The molecule has 2 saturated heterocycles. The summed E-state index contributed by atoms with van der Waals surface area (Å²) in [6, 6.07) is 6.23. The van der Waals surface area contributed by atoms with Crippen molar-refractivity contribution in [1.29, 1.82) is 0 Å². The lowest BCUT2D eigenvalue weighted by Gasteiger charge is -2.48. The molecule has 0 bridgehead atoms. The van der Waals surface area contributed by atoms with Crippen molar-refractivity contribution in [2.75, 3.05) is 20.3 Å². The summed E-state index contributed by atoms with van der Waals surface area (Å²) in [7, 11) is 1.47. The van der Waals surface area contributed by atoms with Crippen LogP contribution in [0, 0.1) is 0 Å². The van der Waals surface area contributed by atoms with Gasteiger partial charge >= 0.3 is 35.8 Å². The van der Waals surface area contributed by atoms with Gasteiger partial charge in [-0.15, -0.1) is 0 Å². The minimum atomic E-state index is -1.81. The maximum atomic E-state index is 12.5. The molecular weight excluding hydrogens is 660 g/mol. The van der Waals surface area contributed by atoms with Crippen LogP contribution < -0.4 is 9.47 Å². The molecule has 2 aliphatic rings. The zero-order valence-electron chi connectivity index (χ0n) is 27.9. The van der Waals surface area contributed by atoms with Gasteiger partial charge in [-0.2, -0.15) is 0 Å². The van der Waals surface area contributed by atoms with E-state index in [1.807, 2.05) is 0 Å². The lowest BCUT2D eigenvalue weighted by Crippen LogP contribution is -2.67. The Morgan fingerprint density at radius 2 is 1.00 bits per heavy atom. The maximum absolute atomic E-state index is 12.5. The van der Waals surface area contributed by atoms with Crippen molar-refractivity contribution in [3.63, 3.8) is 0 Å². The fourth-order valence-electron chi connectivity index (χ4n) is 5.05. The minimum absolute atomic E-state index is 0.216. The lowest BCUT2D eigenvalue weighted by atomic mass is 9.96. The van der Waals surface area contributed by atoms with E-state index >= 15 is 0 Å². The molecule has 0 aliphatic carbocycles. The Labute approximate surface area is 281 Å². The number of esters is 6. The standard InChI is InChI=1S/C31H40O18/c1-14(32)40-12-22-25(42-16(3)34)24(38)27(43-17(4)35)30(47-22)49-26-23(13-41-15(2)33)48-31(46-21-10-8-20(39-7)9-11-21)29(45-19(6)37)28(26)44-18(5)36/h8-11,22-31,38H,12-13H2,1-7H3. The maximum Gasteiger partial charge on any atom is 0.303 e. The van der Waals surface area contributed by atoms with Crippen molar-refractivity contribution in [2.24, 2.45) is 0 Å². The number of benzene rings is 1. The zero-order chi connectivity index (χ0) is 36.4. The molecule has 0 amide bonds. The van der Waals surface area contributed by atoms with Gasteiger partial charge in [-0.3, -0.25) is 28.8 Å². The third kappa shape index (κ3) is 11.3. The van der Waals surface area contributed by atoms with Crippen molar-refractivity contribution in [2.45, 2.75) is 103 Å². The molecule has 10 atom stereocenters. The van der Waals surface area contributed by atoms with Gasteiger partial charge in [0.25, 0.3) is 0 Å². The van der Waals surface area contributed by atoms with Gasteiger partial charge in [0.15, 0.2) is 24.6 Å². The molecule has 272 valence electrons. The number of hydrogen-bond acceptors (Lipinski definition) is 18. The summed E-state index contributed by atoms with van der Waals surface area (Å²) < 4.78 is 61.3. The van der Waals surface area contributed by atoms with Gasteiger partial charge in [0.1, 0.15) is 49.1 Å². The largest absolute Gasteiger partial charge is 0.497 e. The lowest BCUT2D eigenvalue weighted by molar-refractivity contribution is -0.354. The number of rotatable bonds is 13. The topological polar surface area (TPSA) is 224 Å². The molecule has 0 saturated carbocycles. The highest BCUT2D eigenvalue weighted by atomic mass is 16.8. The Morgan fingerprint density at radius 1 is 0.571 bits per heavy atom. The number of aliphatic hydroxyl groups excluding tert-OH is 1. The molecule has 10 unspecified atom stereocenters. The molecule has 1 N–H and O–H groups in total. The Kier molecular flexibility index (Phi) is 14.1. The third-order valence-corrected chi connectivity index (χ3v) is 6.92. The number of aliphatic hydroxyl groups is 1. The van der Waals surface area contributed by atoms with Crippen LogP contribution in [0.25, 0.3) is 0 Å². The summed E-state index contributed by atoms with van der Waals surface area (Å²) in [4.78, 5) is 72.3. The Bertz CT molecular complexity index is 1330. The van der Waals surface area contributed by atoms with Gasteiger partial charge in [-0.05, 0) is 24.3 Å². The van der Waals surface area contributed by atoms with E-state index < -0.39 is 110 Å². The van der Waals surface area contributed by atoms with E-state index in [2.05, 4.69) is 0 Å². The first-order valence-electron chi connectivity index (χ1n) is 15.0. The molecule has 2 aliphatic heterocycles. The molecule has 2 heterocycles. The summed E-state index contributed by atoms with van der Waals surface area (Å²) in [5.41, 5.74) is 0.